The third-order valence-electron chi connectivity index (χ3n) is 5.48. The van der Waals surface area contributed by atoms with Crippen molar-refractivity contribution in [1.82, 2.24) is 5.32 Å². The molecule has 0 fully saturated rings. The highest BCUT2D eigenvalue weighted by Crippen LogP contribution is 2.48. The summed E-state index contributed by atoms with van der Waals surface area (Å²) in [4.78, 5) is 2.96. The second-order valence-electron chi connectivity index (χ2n) is 8.12. The third kappa shape index (κ3) is 2.76. The average Bonchev–Trinajstić information content (AvgIpc) is 3.04. The van der Waals surface area contributed by atoms with Crippen molar-refractivity contribution in [2.75, 3.05) is 14.2 Å². The standard InChI is InChI=1S/C21H27NO2S/c1-21(2,3)18-9-13-11-22-15-7-6-12-8-16(23-4)17(24-5)10-14(12)19(15)20(13)25-18/h8-9,15,22H,6-7,10-11H2,1-5H3. The zero-order valence-electron chi connectivity index (χ0n) is 15.8. The topological polar surface area (TPSA) is 30.5 Å². The molecule has 1 aromatic rings. The van der Waals surface area contributed by atoms with E-state index in [9.17, 15) is 0 Å². The molecule has 1 N–H and O–H groups in total. The van der Waals surface area contributed by atoms with Gasteiger partial charge in [-0.15, -0.1) is 11.3 Å². The Labute approximate surface area is 154 Å². The number of thiophene rings is 1. The molecule has 0 bridgehead atoms. The SMILES string of the molecule is COC1=C(OC)CC2=C3c4sc(C(C)(C)C)cc4CNC3CCC2=C1. The normalized spacial score (nSPS) is 22.9. The predicted molar refractivity (Wildman–Crippen MR) is 104 cm³/mol. The van der Waals surface area contributed by atoms with Crippen molar-refractivity contribution in [3.05, 3.63) is 50.1 Å². The van der Waals surface area contributed by atoms with Crippen molar-refractivity contribution >= 4 is 16.9 Å². The summed E-state index contributed by atoms with van der Waals surface area (Å²) < 4.78 is 11.2. The van der Waals surface area contributed by atoms with Crippen LogP contribution in [0.15, 0.2) is 34.8 Å². The molecule has 3 aliphatic rings. The van der Waals surface area contributed by atoms with Gasteiger partial charge in [-0.3, -0.25) is 0 Å². The quantitative estimate of drug-likeness (QED) is 0.817. The number of fused-ring (bicyclic) bond motifs is 4. The minimum absolute atomic E-state index is 0.198. The number of ether oxygens (including phenoxy) is 2. The van der Waals surface area contributed by atoms with E-state index in [2.05, 4.69) is 38.2 Å². The molecule has 1 aliphatic heterocycles. The Morgan fingerprint density at radius 1 is 1.20 bits per heavy atom. The van der Waals surface area contributed by atoms with Gasteiger partial charge in [-0.1, -0.05) is 20.8 Å². The molecule has 0 aromatic carbocycles. The lowest BCUT2D eigenvalue weighted by Crippen LogP contribution is -2.37. The highest BCUT2D eigenvalue weighted by atomic mass is 32.1. The fraction of sp³-hybridized carbons (Fsp3) is 0.524. The maximum absolute atomic E-state index is 5.63. The van der Waals surface area contributed by atoms with Gasteiger partial charge in [0.15, 0.2) is 5.76 Å². The van der Waals surface area contributed by atoms with Crippen LogP contribution < -0.4 is 5.32 Å². The number of hydrogen-bond donors (Lipinski definition) is 1. The lowest BCUT2D eigenvalue weighted by molar-refractivity contribution is 0.222. The van der Waals surface area contributed by atoms with E-state index in [1.165, 1.54) is 32.0 Å². The minimum atomic E-state index is 0.198. The molecule has 1 atom stereocenters. The number of hydrogen-bond acceptors (Lipinski definition) is 4. The van der Waals surface area contributed by atoms with Gasteiger partial charge in [0.2, 0.25) is 0 Å². The zero-order chi connectivity index (χ0) is 17.8. The van der Waals surface area contributed by atoms with Crippen molar-refractivity contribution in [2.24, 2.45) is 0 Å². The molecule has 2 aliphatic carbocycles. The largest absolute Gasteiger partial charge is 0.497 e. The van der Waals surface area contributed by atoms with Gasteiger partial charge in [0.25, 0.3) is 0 Å². The maximum atomic E-state index is 5.63. The van der Waals surface area contributed by atoms with E-state index in [0.717, 1.165) is 37.3 Å². The molecule has 0 radical (unpaired) electrons. The van der Waals surface area contributed by atoms with E-state index < -0.39 is 0 Å². The molecule has 1 aromatic heterocycles. The van der Waals surface area contributed by atoms with E-state index >= 15 is 0 Å². The van der Waals surface area contributed by atoms with E-state index in [1.54, 1.807) is 14.2 Å². The fourth-order valence-electron chi connectivity index (χ4n) is 4.07. The molecule has 0 saturated carbocycles. The summed E-state index contributed by atoms with van der Waals surface area (Å²) in [7, 11) is 3.47. The van der Waals surface area contributed by atoms with Gasteiger partial charge in [-0.2, -0.15) is 0 Å². The summed E-state index contributed by atoms with van der Waals surface area (Å²) in [6, 6.07) is 2.87. The summed E-state index contributed by atoms with van der Waals surface area (Å²) in [6.07, 6.45) is 5.29. The molecule has 0 spiro atoms. The second kappa shape index (κ2) is 6.03. The zero-order valence-corrected chi connectivity index (χ0v) is 16.6. The van der Waals surface area contributed by atoms with Gasteiger partial charge >= 0.3 is 0 Å². The van der Waals surface area contributed by atoms with Crippen molar-refractivity contribution in [3.8, 4) is 0 Å². The van der Waals surface area contributed by atoms with Crippen LogP contribution in [0.1, 0.15) is 55.4 Å². The van der Waals surface area contributed by atoms with Crippen molar-refractivity contribution in [2.45, 2.75) is 58.0 Å². The van der Waals surface area contributed by atoms with Crippen LogP contribution in [0.4, 0.5) is 0 Å². The van der Waals surface area contributed by atoms with Crippen LogP contribution in [0, 0.1) is 0 Å². The van der Waals surface area contributed by atoms with E-state index in [4.69, 9.17) is 9.47 Å². The molecule has 2 heterocycles. The van der Waals surface area contributed by atoms with Gasteiger partial charge in [0.1, 0.15) is 5.76 Å². The monoisotopic (exact) mass is 357 g/mol. The van der Waals surface area contributed by atoms with E-state index in [-0.39, 0.29) is 5.41 Å². The fourth-order valence-corrected chi connectivity index (χ4v) is 5.43. The highest BCUT2D eigenvalue weighted by molar-refractivity contribution is 7.13. The number of nitrogens with one attached hydrogen (secondary N) is 1. The lowest BCUT2D eigenvalue weighted by atomic mass is 9.77. The lowest BCUT2D eigenvalue weighted by Gasteiger charge is -2.36. The summed E-state index contributed by atoms with van der Waals surface area (Å²) in [5.74, 6) is 1.82. The van der Waals surface area contributed by atoms with Crippen LogP contribution >= 0.6 is 11.3 Å². The van der Waals surface area contributed by atoms with Crippen LogP contribution in [-0.2, 0) is 21.4 Å². The molecular formula is C21H27NO2S. The van der Waals surface area contributed by atoms with Crippen LogP contribution in [0.3, 0.4) is 0 Å². The predicted octanol–water partition coefficient (Wildman–Crippen LogP) is 4.90. The molecule has 0 saturated heterocycles. The summed E-state index contributed by atoms with van der Waals surface area (Å²) in [5.41, 5.74) is 6.02. The summed E-state index contributed by atoms with van der Waals surface area (Å²) in [5, 5.41) is 3.77. The Balaban J connectivity index is 1.86. The van der Waals surface area contributed by atoms with Crippen molar-refractivity contribution < 1.29 is 9.47 Å². The molecule has 3 nitrogen and oxygen atoms in total. The summed E-state index contributed by atoms with van der Waals surface area (Å²) in [6.45, 7) is 7.89. The van der Waals surface area contributed by atoms with Crippen LogP contribution in [0.2, 0.25) is 0 Å². The second-order valence-corrected chi connectivity index (χ2v) is 9.17. The van der Waals surface area contributed by atoms with E-state index in [0.29, 0.717) is 6.04 Å². The molecule has 134 valence electrons. The molecule has 0 amide bonds. The van der Waals surface area contributed by atoms with Gasteiger partial charge < -0.3 is 14.8 Å². The molecule has 4 rings (SSSR count). The van der Waals surface area contributed by atoms with Gasteiger partial charge in [0.05, 0.1) is 14.2 Å². The first kappa shape index (κ1) is 16.9. The van der Waals surface area contributed by atoms with Crippen molar-refractivity contribution in [3.63, 3.8) is 0 Å². The Morgan fingerprint density at radius 2 is 2.00 bits per heavy atom. The van der Waals surface area contributed by atoms with Gasteiger partial charge in [-0.05, 0) is 52.7 Å². The maximum Gasteiger partial charge on any atom is 0.157 e. The highest BCUT2D eigenvalue weighted by Gasteiger charge is 2.36. The van der Waals surface area contributed by atoms with E-state index in [1.807, 2.05) is 11.3 Å². The summed E-state index contributed by atoms with van der Waals surface area (Å²) >= 11 is 1.99. The third-order valence-corrected chi connectivity index (χ3v) is 7.12. The first-order chi connectivity index (χ1) is 11.9. The Morgan fingerprint density at radius 3 is 2.68 bits per heavy atom. The molecule has 4 heteroatoms. The Bertz CT molecular complexity index is 804. The van der Waals surface area contributed by atoms with Gasteiger partial charge in [0, 0.05) is 28.8 Å². The number of rotatable bonds is 2. The Kier molecular flexibility index (Phi) is 4.08. The van der Waals surface area contributed by atoms with Crippen molar-refractivity contribution in [1.29, 1.82) is 0 Å². The first-order valence-electron chi connectivity index (χ1n) is 9.04. The molecule has 1 unspecified atom stereocenters. The molecular weight excluding hydrogens is 330 g/mol. The molecule has 25 heavy (non-hydrogen) atoms. The first-order valence-corrected chi connectivity index (χ1v) is 9.86. The minimum Gasteiger partial charge on any atom is -0.497 e. The van der Waals surface area contributed by atoms with Crippen LogP contribution in [-0.4, -0.2) is 20.3 Å². The van der Waals surface area contributed by atoms with Gasteiger partial charge in [-0.25, -0.2) is 0 Å². The smallest absolute Gasteiger partial charge is 0.157 e. The van der Waals surface area contributed by atoms with Crippen LogP contribution in [0.25, 0.3) is 5.57 Å². The van der Waals surface area contributed by atoms with Crippen LogP contribution in [0.5, 0.6) is 0 Å². The Hall–Kier alpha value is -1.52. The average molecular weight is 358 g/mol. The number of methoxy groups -OCH3 is 2. The number of allylic oxidation sites excluding steroid dienone is 3.